The number of hydrogen-bond donors (Lipinski definition) is 0. The molecule has 0 aromatic heterocycles. The number of rotatable bonds is 3. The molecule has 1 aliphatic rings. The monoisotopic (exact) mass is 222 g/mol. The Hall–Kier alpha value is -0.930. The molecule has 1 saturated heterocycles. The number of quaternary nitrogens is 1. The van der Waals surface area contributed by atoms with Crippen molar-refractivity contribution in [3.63, 3.8) is 0 Å². The van der Waals surface area contributed by atoms with Gasteiger partial charge in [-0.2, -0.15) is 0 Å². The van der Waals surface area contributed by atoms with Crippen molar-refractivity contribution in [2.75, 3.05) is 20.1 Å². The normalized spacial score (nSPS) is 29.6. The SMILES string of the molecule is C[N+]1(c2cccc(F)c2)CCCC1CC[NH]. The van der Waals surface area contributed by atoms with E-state index in [1.807, 2.05) is 6.07 Å². The molecule has 1 radical (unpaired) electrons. The van der Waals surface area contributed by atoms with Crippen molar-refractivity contribution in [2.45, 2.75) is 25.3 Å². The molecule has 3 heteroatoms. The summed E-state index contributed by atoms with van der Waals surface area (Å²) in [7, 11) is 2.17. The minimum atomic E-state index is -0.159. The zero-order chi connectivity index (χ0) is 11.6. The second-order valence-electron chi connectivity index (χ2n) is 4.81. The van der Waals surface area contributed by atoms with E-state index in [9.17, 15) is 4.39 Å². The fourth-order valence-electron chi connectivity index (χ4n) is 2.85. The van der Waals surface area contributed by atoms with Gasteiger partial charge in [0.2, 0.25) is 0 Å². The van der Waals surface area contributed by atoms with E-state index in [-0.39, 0.29) is 5.82 Å². The van der Waals surface area contributed by atoms with Crippen LogP contribution in [0, 0.1) is 5.82 Å². The number of nitrogens with one attached hydrogen (secondary N) is 1. The molecule has 1 heterocycles. The second kappa shape index (κ2) is 4.52. The summed E-state index contributed by atoms with van der Waals surface area (Å²) in [6, 6.07) is 7.41. The molecule has 1 aromatic rings. The van der Waals surface area contributed by atoms with Gasteiger partial charge in [0.15, 0.2) is 0 Å². The quantitative estimate of drug-likeness (QED) is 0.702. The smallest absolute Gasteiger partial charge is 0.135 e. The van der Waals surface area contributed by atoms with Crippen LogP contribution in [0.5, 0.6) is 0 Å². The summed E-state index contributed by atoms with van der Waals surface area (Å²) in [6.45, 7) is 1.53. The zero-order valence-electron chi connectivity index (χ0n) is 9.75. The number of benzene rings is 1. The summed E-state index contributed by atoms with van der Waals surface area (Å²) in [6.07, 6.45) is 3.25. The van der Waals surface area contributed by atoms with E-state index in [1.165, 1.54) is 12.5 Å². The molecule has 87 valence electrons. The van der Waals surface area contributed by atoms with Crippen LogP contribution in [0.15, 0.2) is 24.3 Å². The summed E-state index contributed by atoms with van der Waals surface area (Å²) in [5.74, 6) is -0.159. The summed E-state index contributed by atoms with van der Waals surface area (Å²) >= 11 is 0. The predicted octanol–water partition coefficient (Wildman–Crippen LogP) is 2.60. The third kappa shape index (κ3) is 1.97. The summed E-state index contributed by atoms with van der Waals surface area (Å²) in [5, 5.41) is 0. The number of likely N-dealkylation sites (tertiary alicyclic amines) is 1. The largest absolute Gasteiger partial charge is 0.291 e. The van der Waals surface area contributed by atoms with Gasteiger partial charge < -0.3 is 0 Å². The lowest BCUT2D eigenvalue weighted by molar-refractivity contribution is 0.294. The first-order valence-corrected chi connectivity index (χ1v) is 5.93. The molecule has 0 spiro atoms. The van der Waals surface area contributed by atoms with Crippen LogP contribution >= 0.6 is 0 Å². The Morgan fingerprint density at radius 1 is 1.50 bits per heavy atom. The van der Waals surface area contributed by atoms with Crippen molar-refractivity contribution in [3.05, 3.63) is 30.1 Å². The van der Waals surface area contributed by atoms with Crippen molar-refractivity contribution in [2.24, 2.45) is 0 Å². The second-order valence-corrected chi connectivity index (χ2v) is 4.81. The molecule has 0 saturated carbocycles. The molecule has 0 aliphatic carbocycles. The van der Waals surface area contributed by atoms with Crippen molar-refractivity contribution in [1.29, 1.82) is 0 Å². The van der Waals surface area contributed by atoms with Crippen molar-refractivity contribution in [3.8, 4) is 0 Å². The van der Waals surface area contributed by atoms with E-state index in [1.54, 1.807) is 12.1 Å². The van der Waals surface area contributed by atoms with Gasteiger partial charge in [-0.15, -0.1) is 0 Å². The molecular formula is C13H19FN2+. The van der Waals surface area contributed by atoms with Gasteiger partial charge in [-0.3, -0.25) is 10.2 Å². The van der Waals surface area contributed by atoms with Gasteiger partial charge in [-0.25, -0.2) is 4.39 Å². The molecule has 0 bridgehead atoms. The predicted molar refractivity (Wildman–Crippen MR) is 64.6 cm³/mol. The van der Waals surface area contributed by atoms with E-state index in [4.69, 9.17) is 5.73 Å². The van der Waals surface area contributed by atoms with Gasteiger partial charge >= 0.3 is 0 Å². The Morgan fingerprint density at radius 2 is 2.31 bits per heavy atom. The average molecular weight is 222 g/mol. The first kappa shape index (κ1) is 11.6. The molecule has 1 N–H and O–H groups in total. The molecule has 0 amide bonds. The maximum Gasteiger partial charge on any atom is 0.135 e. The molecule has 1 aromatic carbocycles. The first-order valence-electron chi connectivity index (χ1n) is 5.93. The molecule has 2 nitrogen and oxygen atoms in total. The minimum Gasteiger partial charge on any atom is -0.291 e. The van der Waals surface area contributed by atoms with Gasteiger partial charge in [-0.1, -0.05) is 6.07 Å². The molecule has 1 aliphatic heterocycles. The summed E-state index contributed by atoms with van der Waals surface area (Å²) in [4.78, 5) is 0. The maximum absolute atomic E-state index is 13.3. The highest BCUT2D eigenvalue weighted by Gasteiger charge is 2.39. The van der Waals surface area contributed by atoms with Crippen LogP contribution in [0.4, 0.5) is 10.1 Å². The van der Waals surface area contributed by atoms with Crippen LogP contribution in [0.3, 0.4) is 0 Å². The van der Waals surface area contributed by atoms with Crippen molar-refractivity contribution in [1.82, 2.24) is 10.2 Å². The third-order valence-electron chi connectivity index (χ3n) is 3.84. The molecule has 1 fully saturated rings. The van der Waals surface area contributed by atoms with Crippen molar-refractivity contribution < 1.29 is 4.39 Å². The highest BCUT2D eigenvalue weighted by atomic mass is 19.1. The minimum absolute atomic E-state index is 0.159. The van der Waals surface area contributed by atoms with Gasteiger partial charge in [0, 0.05) is 31.9 Å². The van der Waals surface area contributed by atoms with E-state index in [0.717, 1.165) is 29.6 Å². The fraction of sp³-hybridized carbons (Fsp3) is 0.538. The molecular weight excluding hydrogens is 203 g/mol. The zero-order valence-corrected chi connectivity index (χ0v) is 9.75. The summed E-state index contributed by atoms with van der Waals surface area (Å²) < 4.78 is 14.1. The Balaban J connectivity index is 2.29. The first-order chi connectivity index (χ1) is 7.66. The van der Waals surface area contributed by atoms with Crippen LogP contribution in [0.25, 0.3) is 0 Å². The molecule has 2 atom stereocenters. The number of nitrogens with zero attached hydrogens (tertiary/aromatic N) is 1. The van der Waals surface area contributed by atoms with Crippen LogP contribution < -0.4 is 10.2 Å². The Bertz CT molecular complexity index is 367. The summed E-state index contributed by atoms with van der Waals surface area (Å²) in [5.41, 5.74) is 8.42. The highest BCUT2D eigenvalue weighted by Crippen LogP contribution is 2.34. The third-order valence-corrected chi connectivity index (χ3v) is 3.84. The maximum atomic E-state index is 13.3. The van der Waals surface area contributed by atoms with E-state index in [0.29, 0.717) is 12.6 Å². The molecule has 2 unspecified atom stereocenters. The lowest BCUT2D eigenvalue weighted by atomic mass is 10.1. The topological polar surface area (TPSA) is 23.8 Å². The molecule has 16 heavy (non-hydrogen) atoms. The number of hydrogen-bond acceptors (Lipinski definition) is 0. The van der Waals surface area contributed by atoms with Gasteiger partial charge in [0.25, 0.3) is 0 Å². The van der Waals surface area contributed by atoms with Gasteiger partial charge in [0.05, 0.1) is 19.6 Å². The Morgan fingerprint density at radius 3 is 3.00 bits per heavy atom. The lowest BCUT2D eigenvalue weighted by Gasteiger charge is -2.35. The number of halogens is 1. The Kier molecular flexibility index (Phi) is 3.26. The average Bonchev–Trinajstić information content (AvgIpc) is 2.63. The van der Waals surface area contributed by atoms with Gasteiger partial charge in [0.1, 0.15) is 11.5 Å². The van der Waals surface area contributed by atoms with Crippen LogP contribution in [-0.2, 0) is 0 Å². The van der Waals surface area contributed by atoms with E-state index in [2.05, 4.69) is 7.05 Å². The highest BCUT2D eigenvalue weighted by molar-refractivity contribution is 5.44. The van der Waals surface area contributed by atoms with E-state index < -0.39 is 0 Å². The van der Waals surface area contributed by atoms with E-state index >= 15 is 0 Å². The fourth-order valence-corrected chi connectivity index (χ4v) is 2.85. The van der Waals surface area contributed by atoms with Crippen molar-refractivity contribution >= 4 is 5.69 Å². The van der Waals surface area contributed by atoms with Gasteiger partial charge in [-0.05, 0) is 12.1 Å². The Labute approximate surface area is 96.5 Å². The lowest BCUT2D eigenvalue weighted by Crippen LogP contribution is -2.49. The van der Waals surface area contributed by atoms with Crippen LogP contribution in [-0.4, -0.2) is 26.2 Å². The molecule has 2 rings (SSSR count). The van der Waals surface area contributed by atoms with Crippen LogP contribution in [0.2, 0.25) is 0 Å². The standard InChI is InChI=1S/C13H19FN2/c1-16(9-3-6-12(16)7-8-15)13-5-2-4-11(14)10-13/h2,4-5,10,12,15H,3,6-9H2,1H3/q+1. The van der Waals surface area contributed by atoms with Crippen LogP contribution in [0.1, 0.15) is 19.3 Å².